The fourth-order valence-corrected chi connectivity index (χ4v) is 2.35. The van der Waals surface area contributed by atoms with Gasteiger partial charge in [0.05, 0.1) is 6.61 Å². The first-order valence-corrected chi connectivity index (χ1v) is 7.08. The van der Waals surface area contributed by atoms with Crippen LogP contribution < -0.4 is 5.73 Å². The van der Waals surface area contributed by atoms with Gasteiger partial charge in [0.1, 0.15) is 0 Å². The molecule has 1 atom stereocenters. The lowest BCUT2D eigenvalue weighted by molar-refractivity contribution is 0.202. The van der Waals surface area contributed by atoms with Crippen LogP contribution in [0.1, 0.15) is 28.3 Å². The summed E-state index contributed by atoms with van der Waals surface area (Å²) >= 11 is 0. The minimum atomic E-state index is 0.0487. The lowest BCUT2D eigenvalue weighted by atomic mass is 9.96. The smallest absolute Gasteiger partial charge is 0.0502 e. The normalized spacial score (nSPS) is 12.3. The first kappa shape index (κ1) is 14.8. The van der Waals surface area contributed by atoms with E-state index in [2.05, 4.69) is 55.5 Å². The van der Waals surface area contributed by atoms with Gasteiger partial charge in [-0.05, 0) is 42.0 Å². The van der Waals surface area contributed by atoms with Crippen LogP contribution >= 0.6 is 0 Å². The Bertz CT molecular complexity index is 533. The molecule has 20 heavy (non-hydrogen) atoms. The maximum absolute atomic E-state index is 6.32. The van der Waals surface area contributed by atoms with Gasteiger partial charge in [-0.1, -0.05) is 48.5 Å². The highest BCUT2D eigenvalue weighted by Gasteiger charge is 2.08. The summed E-state index contributed by atoms with van der Waals surface area (Å²) in [5.41, 5.74) is 11.4. The number of nitrogens with two attached hydrogens (primary N) is 1. The Balaban J connectivity index is 2.02. The second kappa shape index (κ2) is 7.22. The molecule has 2 N–H and O–H groups in total. The zero-order valence-corrected chi connectivity index (χ0v) is 12.3. The summed E-state index contributed by atoms with van der Waals surface area (Å²) in [7, 11) is 1.73. The van der Waals surface area contributed by atoms with Gasteiger partial charge in [0.25, 0.3) is 0 Å². The third-order valence-electron chi connectivity index (χ3n) is 3.70. The summed E-state index contributed by atoms with van der Waals surface area (Å²) < 4.78 is 5.09. The highest BCUT2D eigenvalue weighted by Crippen LogP contribution is 2.19. The number of ether oxygens (including phenoxy) is 1. The Morgan fingerprint density at radius 1 is 1.05 bits per heavy atom. The van der Waals surface area contributed by atoms with Gasteiger partial charge >= 0.3 is 0 Å². The van der Waals surface area contributed by atoms with E-state index >= 15 is 0 Å². The zero-order chi connectivity index (χ0) is 14.4. The molecule has 2 aromatic rings. The van der Waals surface area contributed by atoms with Gasteiger partial charge in [0.15, 0.2) is 0 Å². The van der Waals surface area contributed by atoms with Crippen molar-refractivity contribution >= 4 is 0 Å². The lowest BCUT2D eigenvalue weighted by Gasteiger charge is -2.14. The Morgan fingerprint density at radius 3 is 2.40 bits per heavy atom. The van der Waals surface area contributed by atoms with E-state index in [1.54, 1.807) is 7.11 Å². The molecule has 0 amide bonds. The largest absolute Gasteiger partial charge is 0.384 e. The number of methoxy groups -OCH3 is 1. The minimum absolute atomic E-state index is 0.0487. The van der Waals surface area contributed by atoms with Crippen LogP contribution in [0, 0.1) is 6.92 Å². The summed E-state index contributed by atoms with van der Waals surface area (Å²) in [6, 6.07) is 17.0. The van der Waals surface area contributed by atoms with Gasteiger partial charge in [-0.2, -0.15) is 0 Å². The van der Waals surface area contributed by atoms with Gasteiger partial charge in [-0.3, -0.25) is 0 Å². The molecule has 1 unspecified atom stereocenters. The van der Waals surface area contributed by atoms with Crippen molar-refractivity contribution in [3.05, 3.63) is 70.8 Å². The predicted molar refractivity (Wildman–Crippen MR) is 83.8 cm³/mol. The predicted octanol–water partition coefficient (Wildman–Crippen LogP) is 3.43. The van der Waals surface area contributed by atoms with Crippen molar-refractivity contribution in [3.8, 4) is 0 Å². The molecule has 0 aromatic heterocycles. The van der Waals surface area contributed by atoms with Crippen LogP contribution in [0.3, 0.4) is 0 Å². The van der Waals surface area contributed by atoms with Crippen molar-refractivity contribution in [2.75, 3.05) is 13.7 Å². The Labute approximate surface area is 121 Å². The number of aryl methyl sites for hydroxylation is 1. The molecule has 0 fully saturated rings. The summed E-state index contributed by atoms with van der Waals surface area (Å²) in [4.78, 5) is 0. The highest BCUT2D eigenvalue weighted by molar-refractivity contribution is 5.30. The first-order valence-electron chi connectivity index (χ1n) is 7.08. The van der Waals surface area contributed by atoms with Crippen LogP contribution in [-0.2, 0) is 17.6 Å². The van der Waals surface area contributed by atoms with E-state index < -0.39 is 0 Å². The molecule has 2 heteroatoms. The van der Waals surface area contributed by atoms with Gasteiger partial charge in [-0.25, -0.2) is 0 Å². The third-order valence-corrected chi connectivity index (χ3v) is 3.70. The quantitative estimate of drug-likeness (QED) is 0.872. The molecule has 0 aliphatic heterocycles. The Hall–Kier alpha value is -1.64. The molecule has 0 radical (unpaired) electrons. The molecule has 0 aliphatic carbocycles. The molecule has 0 aliphatic rings. The van der Waals surface area contributed by atoms with E-state index in [1.165, 1.54) is 22.3 Å². The average molecular weight is 269 g/mol. The van der Waals surface area contributed by atoms with Crippen molar-refractivity contribution < 1.29 is 4.74 Å². The van der Waals surface area contributed by atoms with Gasteiger partial charge in [0.2, 0.25) is 0 Å². The topological polar surface area (TPSA) is 35.2 Å². The van der Waals surface area contributed by atoms with Crippen molar-refractivity contribution in [1.29, 1.82) is 0 Å². The molecular weight excluding hydrogens is 246 g/mol. The first-order chi connectivity index (χ1) is 9.70. The Morgan fingerprint density at radius 2 is 1.75 bits per heavy atom. The number of rotatable bonds is 6. The molecule has 0 heterocycles. The standard InChI is InChI=1S/C18H23NO/c1-14-5-3-4-6-17(14)13-18(19)16-9-7-15(8-10-16)11-12-20-2/h3-10,18H,11-13,19H2,1-2H3. The van der Waals surface area contributed by atoms with Crippen LogP contribution in [0.5, 0.6) is 0 Å². The van der Waals surface area contributed by atoms with Crippen LogP contribution in [-0.4, -0.2) is 13.7 Å². The van der Waals surface area contributed by atoms with Crippen LogP contribution in [0.15, 0.2) is 48.5 Å². The lowest BCUT2D eigenvalue weighted by Crippen LogP contribution is -2.14. The van der Waals surface area contributed by atoms with E-state index in [0.717, 1.165) is 19.4 Å². The molecule has 0 bridgehead atoms. The van der Waals surface area contributed by atoms with E-state index in [4.69, 9.17) is 10.5 Å². The van der Waals surface area contributed by atoms with E-state index in [1.807, 2.05) is 0 Å². The molecule has 2 rings (SSSR count). The van der Waals surface area contributed by atoms with Crippen LogP contribution in [0.25, 0.3) is 0 Å². The SMILES string of the molecule is COCCc1ccc(C(N)Cc2ccccc2C)cc1. The van der Waals surface area contributed by atoms with Gasteiger partial charge in [-0.15, -0.1) is 0 Å². The van der Waals surface area contributed by atoms with Crippen molar-refractivity contribution in [2.45, 2.75) is 25.8 Å². The van der Waals surface area contributed by atoms with Crippen LogP contribution in [0.4, 0.5) is 0 Å². The van der Waals surface area contributed by atoms with E-state index in [-0.39, 0.29) is 6.04 Å². The van der Waals surface area contributed by atoms with Crippen LogP contribution in [0.2, 0.25) is 0 Å². The number of hydrogen-bond acceptors (Lipinski definition) is 2. The van der Waals surface area contributed by atoms with E-state index in [9.17, 15) is 0 Å². The molecule has 0 saturated carbocycles. The summed E-state index contributed by atoms with van der Waals surface area (Å²) in [5, 5.41) is 0. The average Bonchev–Trinajstić information content (AvgIpc) is 2.48. The maximum Gasteiger partial charge on any atom is 0.0502 e. The molecule has 2 nitrogen and oxygen atoms in total. The molecule has 0 spiro atoms. The molecule has 0 saturated heterocycles. The van der Waals surface area contributed by atoms with Crippen molar-refractivity contribution in [3.63, 3.8) is 0 Å². The van der Waals surface area contributed by atoms with Crippen molar-refractivity contribution in [2.24, 2.45) is 5.73 Å². The highest BCUT2D eigenvalue weighted by atomic mass is 16.5. The van der Waals surface area contributed by atoms with Gasteiger partial charge in [0, 0.05) is 13.2 Å². The second-order valence-electron chi connectivity index (χ2n) is 5.22. The van der Waals surface area contributed by atoms with Gasteiger partial charge < -0.3 is 10.5 Å². The fraction of sp³-hybridized carbons (Fsp3) is 0.333. The number of hydrogen-bond donors (Lipinski definition) is 1. The number of benzene rings is 2. The molecule has 2 aromatic carbocycles. The fourth-order valence-electron chi connectivity index (χ4n) is 2.35. The summed E-state index contributed by atoms with van der Waals surface area (Å²) in [5.74, 6) is 0. The zero-order valence-electron chi connectivity index (χ0n) is 12.3. The van der Waals surface area contributed by atoms with E-state index in [0.29, 0.717) is 0 Å². The molecule has 106 valence electrons. The minimum Gasteiger partial charge on any atom is -0.384 e. The van der Waals surface area contributed by atoms with Crippen molar-refractivity contribution in [1.82, 2.24) is 0 Å². The maximum atomic E-state index is 6.32. The molecular formula is C18H23NO. The summed E-state index contributed by atoms with van der Waals surface area (Å²) in [6.07, 6.45) is 1.83. The Kier molecular flexibility index (Phi) is 5.33. The summed E-state index contributed by atoms with van der Waals surface area (Å²) in [6.45, 7) is 2.89. The second-order valence-corrected chi connectivity index (χ2v) is 5.22. The monoisotopic (exact) mass is 269 g/mol. The third kappa shape index (κ3) is 3.92.